The van der Waals surface area contributed by atoms with E-state index < -0.39 is 11.6 Å². The number of carbonyl (C=O) groups excluding carboxylic acids is 1. The summed E-state index contributed by atoms with van der Waals surface area (Å²) >= 11 is 0. The maximum absolute atomic E-state index is 14.8. The Hall–Kier alpha value is -2.19. The fraction of sp³-hybridized carbons (Fsp3) is 0.526. The summed E-state index contributed by atoms with van der Waals surface area (Å²) in [6.07, 6.45) is 1.34. The third-order valence-corrected chi connectivity index (χ3v) is 5.89. The fourth-order valence-electron chi connectivity index (χ4n) is 4.44. The molecule has 2 aliphatic rings. The largest absolute Gasteiger partial charge is 0.434 e. The highest BCUT2D eigenvalue weighted by molar-refractivity contribution is 6.04. The average molecular weight is 411 g/mol. The molecule has 0 saturated carbocycles. The number of nitrogens with one attached hydrogen (secondary N) is 2. The predicted molar refractivity (Wildman–Crippen MR) is 106 cm³/mol. The normalized spacial score (nSPS) is 23.1. The Balaban J connectivity index is 0.00000225. The van der Waals surface area contributed by atoms with E-state index in [4.69, 9.17) is 4.42 Å². The van der Waals surface area contributed by atoms with Gasteiger partial charge >= 0.3 is 5.76 Å². The average Bonchev–Trinajstić information content (AvgIpc) is 3.08. The highest BCUT2D eigenvalue weighted by Crippen LogP contribution is 2.37. The van der Waals surface area contributed by atoms with E-state index in [1.807, 2.05) is 0 Å². The number of H-pyrrole nitrogens is 1. The van der Waals surface area contributed by atoms with Gasteiger partial charge in [0.05, 0.1) is 11.3 Å². The quantitative estimate of drug-likeness (QED) is 0.808. The molecular formula is C19H24ClFN4O3. The van der Waals surface area contributed by atoms with Crippen molar-refractivity contribution in [1.29, 1.82) is 0 Å². The van der Waals surface area contributed by atoms with Crippen molar-refractivity contribution in [2.24, 2.45) is 11.8 Å². The zero-order valence-corrected chi connectivity index (χ0v) is 16.6. The van der Waals surface area contributed by atoms with Gasteiger partial charge in [-0.2, -0.15) is 0 Å². The monoisotopic (exact) mass is 410 g/mol. The number of benzene rings is 1. The van der Waals surface area contributed by atoms with Crippen molar-refractivity contribution in [3.05, 3.63) is 34.1 Å². The van der Waals surface area contributed by atoms with Crippen molar-refractivity contribution >= 4 is 23.9 Å². The van der Waals surface area contributed by atoms with Gasteiger partial charge in [-0.1, -0.05) is 6.92 Å². The topological polar surface area (TPSA) is 91.2 Å². The lowest BCUT2D eigenvalue weighted by Gasteiger charge is -2.43. The van der Waals surface area contributed by atoms with Gasteiger partial charge in [0.1, 0.15) is 5.82 Å². The van der Waals surface area contributed by atoms with Crippen molar-refractivity contribution in [1.82, 2.24) is 15.5 Å². The van der Waals surface area contributed by atoms with Crippen molar-refractivity contribution in [2.75, 3.05) is 24.5 Å². The number of halogens is 2. The van der Waals surface area contributed by atoms with Crippen LogP contribution in [0.2, 0.25) is 0 Å². The van der Waals surface area contributed by atoms with Gasteiger partial charge in [0, 0.05) is 24.6 Å². The minimum Gasteiger partial charge on any atom is -0.388 e. The van der Waals surface area contributed by atoms with Gasteiger partial charge in [-0.25, -0.2) is 14.3 Å². The number of nitrogens with zero attached hydrogens (tertiary/aromatic N) is 2. The van der Waals surface area contributed by atoms with Crippen LogP contribution in [-0.4, -0.2) is 41.7 Å². The summed E-state index contributed by atoms with van der Waals surface area (Å²) in [4.78, 5) is 25.8. The minimum absolute atomic E-state index is 0. The molecular weight excluding hydrogens is 387 g/mol. The number of hydrogen-bond acceptors (Lipinski definition) is 6. The summed E-state index contributed by atoms with van der Waals surface area (Å²) in [5.74, 6) is -0.544. The third kappa shape index (κ3) is 3.58. The number of ketones is 1. The summed E-state index contributed by atoms with van der Waals surface area (Å²) in [5.41, 5.74) is 1.02. The zero-order valence-electron chi connectivity index (χ0n) is 15.8. The Labute approximate surface area is 168 Å². The highest BCUT2D eigenvalue weighted by Gasteiger charge is 2.35. The first-order valence-electron chi connectivity index (χ1n) is 9.35. The van der Waals surface area contributed by atoms with Gasteiger partial charge in [0.15, 0.2) is 5.78 Å². The van der Waals surface area contributed by atoms with Crippen molar-refractivity contribution in [3.8, 4) is 11.5 Å². The Morgan fingerprint density at radius 2 is 2.14 bits per heavy atom. The number of aromatic nitrogens is 2. The lowest BCUT2D eigenvalue weighted by atomic mass is 9.81. The predicted octanol–water partition coefficient (Wildman–Crippen LogP) is 2.62. The van der Waals surface area contributed by atoms with Crippen molar-refractivity contribution < 1.29 is 13.6 Å². The molecule has 28 heavy (non-hydrogen) atoms. The first kappa shape index (κ1) is 20.5. The zero-order chi connectivity index (χ0) is 19.1. The van der Waals surface area contributed by atoms with Gasteiger partial charge < -0.3 is 14.6 Å². The summed E-state index contributed by atoms with van der Waals surface area (Å²) in [7, 11) is 0. The molecule has 7 nitrogen and oxygen atoms in total. The van der Waals surface area contributed by atoms with E-state index in [-0.39, 0.29) is 35.7 Å². The highest BCUT2D eigenvalue weighted by atomic mass is 35.5. The number of rotatable bonds is 3. The van der Waals surface area contributed by atoms with Gasteiger partial charge in [-0.15, -0.1) is 17.5 Å². The van der Waals surface area contributed by atoms with Crippen LogP contribution in [0.15, 0.2) is 21.3 Å². The number of piperidine rings is 1. The van der Waals surface area contributed by atoms with Crippen molar-refractivity contribution in [3.63, 3.8) is 0 Å². The minimum atomic E-state index is -0.701. The van der Waals surface area contributed by atoms with Crippen LogP contribution >= 0.6 is 12.4 Å². The molecule has 0 bridgehead atoms. The van der Waals surface area contributed by atoms with Crippen LogP contribution < -0.4 is 16.0 Å². The molecule has 1 aromatic heterocycles. The van der Waals surface area contributed by atoms with Crippen molar-refractivity contribution in [2.45, 2.75) is 32.7 Å². The molecule has 0 spiro atoms. The van der Waals surface area contributed by atoms with Crippen LogP contribution in [0, 0.1) is 17.7 Å². The molecule has 2 aromatic rings. The summed E-state index contributed by atoms with van der Waals surface area (Å²) in [6, 6.07) is 3.07. The van der Waals surface area contributed by atoms with Crippen LogP contribution in [-0.2, 0) is 0 Å². The molecule has 9 heteroatoms. The van der Waals surface area contributed by atoms with E-state index in [1.165, 1.54) is 6.07 Å². The Kier molecular flexibility index (Phi) is 5.90. The Morgan fingerprint density at radius 1 is 1.36 bits per heavy atom. The SMILES string of the molecule is C[C@@H]1CNCC[C@@H]1[C@H](C)N1CCC(=O)c2c(F)cc(-c3n[nH]c(=O)o3)cc21.Cl. The Bertz CT molecular complexity index is 928. The molecule has 2 N–H and O–H groups in total. The van der Waals surface area contributed by atoms with E-state index in [1.54, 1.807) is 6.07 Å². The Morgan fingerprint density at radius 3 is 2.82 bits per heavy atom. The summed E-state index contributed by atoms with van der Waals surface area (Å²) in [6.45, 7) is 6.84. The molecule has 2 aliphatic heterocycles. The number of fused-ring (bicyclic) bond motifs is 1. The number of hydrogen-bond donors (Lipinski definition) is 2. The van der Waals surface area contributed by atoms with Crippen LogP contribution in [0.25, 0.3) is 11.5 Å². The van der Waals surface area contributed by atoms with Gasteiger partial charge in [0.2, 0.25) is 5.89 Å². The molecule has 0 radical (unpaired) electrons. The second kappa shape index (κ2) is 8.05. The number of carbonyl (C=O) groups is 1. The van der Waals surface area contributed by atoms with Crippen LogP contribution in [0.1, 0.15) is 37.0 Å². The molecule has 3 atom stereocenters. The van der Waals surface area contributed by atoms with Gasteiger partial charge in [0.25, 0.3) is 0 Å². The number of Topliss-reactive ketones (excluding diaryl/α,β-unsaturated/α-hetero) is 1. The molecule has 3 heterocycles. The molecule has 4 rings (SSSR count). The fourth-order valence-corrected chi connectivity index (χ4v) is 4.44. The summed E-state index contributed by atoms with van der Waals surface area (Å²) < 4.78 is 19.8. The standard InChI is InChI=1S/C19H23FN4O3.ClH/c1-10-9-21-5-3-13(10)11(2)24-6-4-16(25)17-14(20)7-12(8-15(17)24)18-22-23-19(26)27-18;/h7-8,10-11,13,21H,3-6,9H2,1-2H3,(H,23,26);1H/t10-,11+,13+;/m1./s1. The molecule has 0 unspecified atom stereocenters. The second-order valence-corrected chi connectivity index (χ2v) is 7.51. The number of anilines is 1. The van der Waals surface area contributed by atoms with E-state index in [9.17, 15) is 14.0 Å². The smallest absolute Gasteiger partial charge is 0.388 e. The molecule has 0 aliphatic carbocycles. The van der Waals surface area contributed by atoms with E-state index in [0.717, 1.165) is 19.5 Å². The first-order chi connectivity index (χ1) is 13.0. The second-order valence-electron chi connectivity index (χ2n) is 7.51. The lowest BCUT2D eigenvalue weighted by Crippen LogP contribution is -2.49. The molecule has 1 aromatic carbocycles. The van der Waals surface area contributed by atoms with Gasteiger partial charge in [-0.3, -0.25) is 4.79 Å². The lowest BCUT2D eigenvalue weighted by molar-refractivity contribution is 0.0972. The molecule has 152 valence electrons. The summed E-state index contributed by atoms with van der Waals surface area (Å²) in [5, 5.41) is 9.37. The number of aromatic amines is 1. The van der Waals surface area contributed by atoms with E-state index >= 15 is 0 Å². The first-order valence-corrected chi connectivity index (χ1v) is 9.35. The van der Waals surface area contributed by atoms with Crippen LogP contribution in [0.4, 0.5) is 10.1 Å². The third-order valence-electron chi connectivity index (χ3n) is 5.89. The molecule has 1 fully saturated rings. The maximum atomic E-state index is 14.8. The maximum Gasteiger partial charge on any atom is 0.434 e. The molecule has 1 saturated heterocycles. The van der Waals surface area contributed by atoms with E-state index in [2.05, 4.69) is 34.3 Å². The van der Waals surface area contributed by atoms with E-state index in [0.29, 0.717) is 36.1 Å². The van der Waals surface area contributed by atoms with Crippen LogP contribution in [0.3, 0.4) is 0 Å². The molecule has 0 amide bonds. The van der Waals surface area contributed by atoms with Crippen LogP contribution in [0.5, 0.6) is 0 Å². The van der Waals surface area contributed by atoms with Gasteiger partial charge in [-0.05, 0) is 50.4 Å².